The van der Waals surface area contributed by atoms with E-state index in [0.717, 1.165) is 53.9 Å². The summed E-state index contributed by atoms with van der Waals surface area (Å²) >= 11 is 0. The monoisotopic (exact) mass is 300 g/mol. The number of nitrogens with one attached hydrogen (secondary N) is 1. The molecule has 0 amide bonds. The van der Waals surface area contributed by atoms with Crippen LogP contribution in [-0.4, -0.2) is 36.1 Å². The summed E-state index contributed by atoms with van der Waals surface area (Å²) in [5.74, 6) is 0.940. The van der Waals surface area contributed by atoms with E-state index in [1.807, 2.05) is 18.3 Å². The highest BCUT2D eigenvalue weighted by Crippen LogP contribution is 2.28. The lowest BCUT2D eigenvalue weighted by molar-refractivity contribution is 0.298. The second kappa shape index (κ2) is 7.99. The van der Waals surface area contributed by atoms with Crippen LogP contribution in [0.1, 0.15) is 32.3 Å². The van der Waals surface area contributed by atoms with Crippen molar-refractivity contribution in [3.8, 4) is 0 Å². The Kier molecular flexibility index (Phi) is 6.01. The molecule has 1 aromatic heterocycles. The highest BCUT2D eigenvalue weighted by atomic mass is 15.1. The number of unbranched alkanes of at least 4 members (excludes halogenated alkanes) is 1. The number of pyridine rings is 1. The van der Waals surface area contributed by atoms with Gasteiger partial charge in [0, 0.05) is 29.2 Å². The van der Waals surface area contributed by atoms with Gasteiger partial charge in [0.25, 0.3) is 0 Å². The van der Waals surface area contributed by atoms with E-state index in [2.05, 4.69) is 42.0 Å². The van der Waals surface area contributed by atoms with E-state index in [9.17, 15) is 0 Å². The number of aromatic nitrogens is 1. The number of hydrogen-bond acceptors (Lipinski definition) is 4. The van der Waals surface area contributed by atoms with Crippen molar-refractivity contribution in [2.24, 2.45) is 0 Å². The molecule has 120 valence electrons. The Morgan fingerprint density at radius 3 is 2.68 bits per heavy atom. The van der Waals surface area contributed by atoms with Gasteiger partial charge in [0.05, 0.1) is 0 Å². The van der Waals surface area contributed by atoms with Gasteiger partial charge in [0.2, 0.25) is 0 Å². The van der Waals surface area contributed by atoms with Crippen molar-refractivity contribution in [3.63, 3.8) is 0 Å². The quantitative estimate of drug-likeness (QED) is 0.577. The third kappa shape index (κ3) is 3.89. The van der Waals surface area contributed by atoms with Crippen LogP contribution < -0.4 is 11.1 Å². The maximum atomic E-state index is 6.11. The van der Waals surface area contributed by atoms with Crippen molar-refractivity contribution in [3.05, 3.63) is 30.0 Å². The number of nitrogen functional groups attached to an aromatic ring is 1. The minimum atomic E-state index is 0.821. The Labute approximate surface area is 133 Å². The van der Waals surface area contributed by atoms with Crippen LogP contribution in [0.25, 0.3) is 10.8 Å². The lowest BCUT2D eigenvalue weighted by Crippen LogP contribution is -2.24. The second-order valence-corrected chi connectivity index (χ2v) is 5.72. The van der Waals surface area contributed by atoms with E-state index in [-0.39, 0.29) is 0 Å². The summed E-state index contributed by atoms with van der Waals surface area (Å²) < 4.78 is 0. The molecule has 0 bridgehead atoms. The van der Waals surface area contributed by atoms with Crippen LogP contribution in [0.3, 0.4) is 0 Å². The van der Waals surface area contributed by atoms with Crippen LogP contribution in [0.15, 0.2) is 24.4 Å². The van der Waals surface area contributed by atoms with Gasteiger partial charge in [-0.2, -0.15) is 0 Å². The Morgan fingerprint density at radius 1 is 1.18 bits per heavy atom. The molecule has 0 aliphatic rings. The fourth-order valence-electron chi connectivity index (χ4n) is 2.85. The standard InChI is InChI=1S/C18H28N4/c1-4-22(5-2)12-7-6-11-20-18-15-9-8-10-16(19)17(15)14(3)13-21-18/h8-10,13H,4-7,11-12,19H2,1-3H3,(H,20,21). The molecule has 0 aliphatic heterocycles. The Hall–Kier alpha value is -1.81. The molecule has 2 aromatic rings. The number of hydrogen-bond donors (Lipinski definition) is 2. The molecule has 0 aliphatic carbocycles. The maximum absolute atomic E-state index is 6.11. The fourth-order valence-corrected chi connectivity index (χ4v) is 2.85. The first-order chi connectivity index (χ1) is 10.7. The van der Waals surface area contributed by atoms with Crippen LogP contribution in [0.2, 0.25) is 0 Å². The van der Waals surface area contributed by atoms with E-state index in [1.54, 1.807) is 0 Å². The third-order valence-electron chi connectivity index (χ3n) is 4.22. The normalized spacial score (nSPS) is 11.3. The van der Waals surface area contributed by atoms with Crippen molar-refractivity contribution in [1.82, 2.24) is 9.88 Å². The number of nitrogens with two attached hydrogens (primary N) is 1. The zero-order chi connectivity index (χ0) is 15.9. The summed E-state index contributed by atoms with van der Waals surface area (Å²) in [6.45, 7) is 10.9. The average molecular weight is 300 g/mol. The van der Waals surface area contributed by atoms with Crippen molar-refractivity contribution >= 4 is 22.3 Å². The molecular formula is C18H28N4. The summed E-state index contributed by atoms with van der Waals surface area (Å²) in [6, 6.07) is 6.03. The molecule has 0 saturated heterocycles. The molecule has 2 rings (SSSR count). The molecule has 0 atom stereocenters. The Balaban J connectivity index is 1.95. The molecule has 4 heteroatoms. The highest BCUT2D eigenvalue weighted by molar-refractivity contribution is 6.01. The zero-order valence-corrected chi connectivity index (χ0v) is 14.0. The molecule has 0 fully saturated rings. The fraction of sp³-hybridized carbons (Fsp3) is 0.500. The third-order valence-corrected chi connectivity index (χ3v) is 4.22. The maximum Gasteiger partial charge on any atom is 0.133 e. The van der Waals surface area contributed by atoms with E-state index in [1.165, 1.54) is 13.0 Å². The van der Waals surface area contributed by atoms with Gasteiger partial charge in [-0.25, -0.2) is 4.98 Å². The molecule has 0 spiro atoms. The first-order valence-electron chi connectivity index (χ1n) is 8.27. The SMILES string of the molecule is CCN(CC)CCCCNc1ncc(C)c2c(N)cccc12. The predicted octanol–water partition coefficient (Wildman–Crippen LogP) is 3.66. The molecule has 0 saturated carbocycles. The van der Waals surface area contributed by atoms with E-state index < -0.39 is 0 Å². The Bertz CT molecular complexity index is 597. The average Bonchev–Trinajstić information content (AvgIpc) is 2.53. The van der Waals surface area contributed by atoms with Gasteiger partial charge in [0.1, 0.15) is 5.82 Å². The first-order valence-corrected chi connectivity index (χ1v) is 8.27. The van der Waals surface area contributed by atoms with Crippen LogP contribution in [-0.2, 0) is 0 Å². The largest absolute Gasteiger partial charge is 0.398 e. The molecule has 0 radical (unpaired) electrons. The molecule has 3 N–H and O–H groups in total. The molecule has 22 heavy (non-hydrogen) atoms. The highest BCUT2D eigenvalue weighted by Gasteiger charge is 2.07. The van der Waals surface area contributed by atoms with E-state index in [4.69, 9.17) is 5.73 Å². The van der Waals surface area contributed by atoms with Crippen LogP contribution in [0.5, 0.6) is 0 Å². The molecule has 0 unspecified atom stereocenters. The van der Waals surface area contributed by atoms with Crippen molar-refractivity contribution in [2.45, 2.75) is 33.6 Å². The van der Waals surface area contributed by atoms with Crippen molar-refractivity contribution in [1.29, 1.82) is 0 Å². The van der Waals surface area contributed by atoms with Gasteiger partial charge in [-0.1, -0.05) is 26.0 Å². The van der Waals surface area contributed by atoms with Crippen LogP contribution >= 0.6 is 0 Å². The first kappa shape index (κ1) is 16.6. The summed E-state index contributed by atoms with van der Waals surface area (Å²) in [6.07, 6.45) is 4.26. The summed E-state index contributed by atoms with van der Waals surface area (Å²) in [4.78, 5) is 6.99. The van der Waals surface area contributed by atoms with Gasteiger partial charge >= 0.3 is 0 Å². The number of benzene rings is 1. The van der Waals surface area contributed by atoms with Gasteiger partial charge in [0.15, 0.2) is 0 Å². The minimum absolute atomic E-state index is 0.821. The van der Waals surface area contributed by atoms with Gasteiger partial charge in [-0.3, -0.25) is 0 Å². The second-order valence-electron chi connectivity index (χ2n) is 5.72. The number of rotatable bonds is 8. The summed E-state index contributed by atoms with van der Waals surface area (Å²) in [7, 11) is 0. The van der Waals surface area contributed by atoms with E-state index in [0.29, 0.717) is 0 Å². The lowest BCUT2D eigenvalue weighted by atomic mass is 10.1. The molecule has 1 aromatic carbocycles. The Morgan fingerprint density at radius 2 is 1.95 bits per heavy atom. The number of anilines is 2. The van der Waals surface area contributed by atoms with Gasteiger partial charge < -0.3 is 16.0 Å². The summed E-state index contributed by atoms with van der Waals surface area (Å²) in [5, 5.41) is 5.70. The number of fused-ring (bicyclic) bond motifs is 1. The number of nitrogens with zero attached hydrogens (tertiary/aromatic N) is 2. The van der Waals surface area contributed by atoms with Crippen molar-refractivity contribution in [2.75, 3.05) is 37.2 Å². The van der Waals surface area contributed by atoms with Gasteiger partial charge in [-0.05, 0) is 51.0 Å². The zero-order valence-electron chi connectivity index (χ0n) is 14.0. The van der Waals surface area contributed by atoms with E-state index >= 15 is 0 Å². The lowest BCUT2D eigenvalue weighted by Gasteiger charge is -2.17. The molecule has 4 nitrogen and oxygen atoms in total. The smallest absolute Gasteiger partial charge is 0.133 e. The minimum Gasteiger partial charge on any atom is -0.398 e. The molecular weight excluding hydrogens is 272 g/mol. The van der Waals surface area contributed by atoms with Crippen LogP contribution in [0.4, 0.5) is 11.5 Å². The van der Waals surface area contributed by atoms with Crippen LogP contribution in [0, 0.1) is 6.92 Å². The summed E-state index contributed by atoms with van der Waals surface area (Å²) in [5.41, 5.74) is 8.05. The number of aryl methyl sites for hydroxylation is 1. The van der Waals surface area contributed by atoms with Gasteiger partial charge in [-0.15, -0.1) is 0 Å². The topological polar surface area (TPSA) is 54.2 Å². The molecule has 1 heterocycles. The van der Waals surface area contributed by atoms with Crippen molar-refractivity contribution < 1.29 is 0 Å². The predicted molar refractivity (Wildman–Crippen MR) is 96.4 cm³/mol.